The highest BCUT2D eigenvalue weighted by Crippen LogP contribution is 2.28. The van der Waals surface area contributed by atoms with Crippen molar-refractivity contribution in [3.05, 3.63) is 24.3 Å². The molecule has 1 aromatic carbocycles. The van der Waals surface area contributed by atoms with Crippen LogP contribution in [0.5, 0.6) is 5.75 Å². The Morgan fingerprint density at radius 2 is 1.81 bits per heavy atom. The van der Waals surface area contributed by atoms with E-state index in [1.165, 1.54) is 4.31 Å². The Morgan fingerprint density at radius 1 is 1.15 bits per heavy atom. The van der Waals surface area contributed by atoms with Crippen molar-refractivity contribution in [3.63, 3.8) is 0 Å². The lowest BCUT2D eigenvalue weighted by molar-refractivity contribution is -0.131. The number of hydrogen-bond donors (Lipinski definition) is 0. The molecule has 1 fully saturated rings. The van der Waals surface area contributed by atoms with Crippen molar-refractivity contribution in [1.82, 2.24) is 9.21 Å². The van der Waals surface area contributed by atoms with Crippen LogP contribution in [0.1, 0.15) is 6.42 Å². The van der Waals surface area contributed by atoms with Crippen LogP contribution in [-0.2, 0) is 19.6 Å². The van der Waals surface area contributed by atoms with E-state index in [1.54, 1.807) is 19.1 Å². The number of carbonyl (C=O) groups is 1. The highest BCUT2D eigenvalue weighted by molar-refractivity contribution is 7.88. The number of piperazine rings is 1. The monoisotopic (exact) mass is 399 g/mol. The second-order valence-electron chi connectivity index (χ2n) is 6.48. The van der Waals surface area contributed by atoms with Crippen LogP contribution in [0.3, 0.4) is 0 Å². The van der Waals surface area contributed by atoms with Crippen molar-refractivity contribution in [1.29, 1.82) is 0 Å². The summed E-state index contributed by atoms with van der Waals surface area (Å²) < 4.78 is 35.5. The Labute approximate surface area is 161 Å². The lowest BCUT2D eigenvalue weighted by Crippen LogP contribution is -2.52. The summed E-state index contributed by atoms with van der Waals surface area (Å²) in [5.41, 5.74) is 1.00. The SMILES string of the molecule is COCCCN(CC(=O)N1CCN(c2ccccc2OC)CC1)S(C)(=O)=O. The number of nitrogens with zero attached hydrogens (tertiary/aromatic N) is 3. The molecule has 1 heterocycles. The Balaban J connectivity index is 1.93. The number of ether oxygens (including phenoxy) is 2. The molecule has 152 valence electrons. The third-order valence-electron chi connectivity index (χ3n) is 4.59. The van der Waals surface area contributed by atoms with Gasteiger partial charge in [-0.15, -0.1) is 0 Å². The molecule has 0 atom stereocenters. The van der Waals surface area contributed by atoms with E-state index < -0.39 is 10.0 Å². The minimum Gasteiger partial charge on any atom is -0.495 e. The summed E-state index contributed by atoms with van der Waals surface area (Å²) >= 11 is 0. The number of carbonyl (C=O) groups excluding carboxylic acids is 1. The maximum Gasteiger partial charge on any atom is 0.238 e. The standard InChI is InChI=1S/C18H29N3O5S/c1-25-14-6-9-21(27(3,23)24)15-18(22)20-12-10-19(11-13-20)16-7-4-5-8-17(16)26-2/h4-5,7-8H,6,9-15H2,1-3H3. The van der Waals surface area contributed by atoms with Gasteiger partial charge in [-0.1, -0.05) is 12.1 Å². The molecular formula is C18H29N3O5S. The molecule has 1 saturated heterocycles. The van der Waals surface area contributed by atoms with E-state index in [9.17, 15) is 13.2 Å². The Bertz CT molecular complexity index is 717. The fraction of sp³-hybridized carbons (Fsp3) is 0.611. The third-order valence-corrected chi connectivity index (χ3v) is 5.84. The first kappa shape index (κ1) is 21.5. The molecule has 0 spiro atoms. The minimum absolute atomic E-state index is 0.128. The van der Waals surface area contributed by atoms with E-state index in [2.05, 4.69) is 4.90 Å². The number of rotatable bonds is 9. The van der Waals surface area contributed by atoms with Crippen LogP contribution in [0.2, 0.25) is 0 Å². The zero-order valence-corrected chi connectivity index (χ0v) is 17.1. The van der Waals surface area contributed by atoms with Gasteiger partial charge in [0, 0.05) is 46.4 Å². The highest BCUT2D eigenvalue weighted by Gasteiger charge is 2.26. The van der Waals surface area contributed by atoms with Gasteiger partial charge in [0.25, 0.3) is 0 Å². The average molecular weight is 400 g/mol. The maximum atomic E-state index is 12.6. The number of hydrogen-bond acceptors (Lipinski definition) is 6. The molecule has 0 aromatic heterocycles. The van der Waals surface area contributed by atoms with Crippen LogP contribution >= 0.6 is 0 Å². The van der Waals surface area contributed by atoms with Crippen LogP contribution in [-0.4, -0.2) is 89.9 Å². The molecule has 0 unspecified atom stereocenters. The largest absolute Gasteiger partial charge is 0.495 e. The summed E-state index contributed by atoms with van der Waals surface area (Å²) in [4.78, 5) is 16.5. The number of amides is 1. The smallest absolute Gasteiger partial charge is 0.238 e. The normalized spacial score (nSPS) is 15.3. The lowest BCUT2D eigenvalue weighted by atomic mass is 10.2. The van der Waals surface area contributed by atoms with Gasteiger partial charge in [-0.25, -0.2) is 8.42 Å². The van der Waals surface area contributed by atoms with Gasteiger partial charge >= 0.3 is 0 Å². The fourth-order valence-electron chi connectivity index (χ4n) is 3.09. The zero-order valence-electron chi connectivity index (χ0n) is 16.3. The van der Waals surface area contributed by atoms with Gasteiger partial charge in [0.15, 0.2) is 0 Å². The van der Waals surface area contributed by atoms with E-state index in [0.717, 1.165) is 17.7 Å². The van der Waals surface area contributed by atoms with Crippen LogP contribution in [0.15, 0.2) is 24.3 Å². The van der Waals surface area contributed by atoms with Crippen LogP contribution in [0.4, 0.5) is 5.69 Å². The second-order valence-corrected chi connectivity index (χ2v) is 8.47. The Morgan fingerprint density at radius 3 is 2.41 bits per heavy atom. The van der Waals surface area contributed by atoms with Gasteiger partial charge in [-0.05, 0) is 18.6 Å². The molecule has 1 aliphatic rings. The minimum atomic E-state index is -3.44. The summed E-state index contributed by atoms with van der Waals surface area (Å²) in [5.74, 6) is 0.635. The van der Waals surface area contributed by atoms with E-state index in [-0.39, 0.29) is 19.0 Å². The fourth-order valence-corrected chi connectivity index (χ4v) is 3.89. The van der Waals surface area contributed by atoms with Gasteiger partial charge in [-0.2, -0.15) is 4.31 Å². The van der Waals surface area contributed by atoms with E-state index >= 15 is 0 Å². The van der Waals surface area contributed by atoms with Crippen molar-refractivity contribution in [3.8, 4) is 5.75 Å². The average Bonchev–Trinajstić information content (AvgIpc) is 2.66. The van der Waals surface area contributed by atoms with Gasteiger partial charge in [0.2, 0.25) is 15.9 Å². The molecule has 0 radical (unpaired) electrons. The number of para-hydroxylation sites is 2. The van der Waals surface area contributed by atoms with E-state index in [4.69, 9.17) is 9.47 Å². The first-order valence-electron chi connectivity index (χ1n) is 8.96. The zero-order chi connectivity index (χ0) is 19.9. The molecule has 0 aliphatic carbocycles. The Hall–Kier alpha value is -1.84. The van der Waals surface area contributed by atoms with Gasteiger partial charge in [-0.3, -0.25) is 4.79 Å². The number of sulfonamides is 1. The van der Waals surface area contributed by atoms with Crippen molar-refractivity contribution in [2.24, 2.45) is 0 Å². The molecule has 0 saturated carbocycles. The predicted octanol–water partition coefficient (Wildman–Crippen LogP) is 0.642. The summed E-state index contributed by atoms with van der Waals surface area (Å²) in [6.45, 7) is 3.05. The quantitative estimate of drug-likeness (QED) is 0.567. The van der Waals surface area contributed by atoms with E-state index in [1.807, 2.05) is 24.3 Å². The molecule has 0 N–H and O–H groups in total. The van der Waals surface area contributed by atoms with Crippen LogP contribution in [0.25, 0.3) is 0 Å². The molecular weight excluding hydrogens is 370 g/mol. The number of benzene rings is 1. The summed E-state index contributed by atoms with van der Waals surface area (Å²) in [6.07, 6.45) is 1.69. The van der Waals surface area contributed by atoms with Gasteiger partial charge < -0.3 is 19.3 Å². The summed E-state index contributed by atoms with van der Waals surface area (Å²) in [7, 11) is -0.231. The number of methoxy groups -OCH3 is 2. The molecule has 1 aliphatic heterocycles. The third kappa shape index (κ3) is 6.08. The predicted molar refractivity (Wildman–Crippen MR) is 105 cm³/mol. The summed E-state index contributed by atoms with van der Waals surface area (Å²) in [5, 5.41) is 0. The molecule has 2 rings (SSSR count). The van der Waals surface area contributed by atoms with Crippen molar-refractivity contribution in [2.45, 2.75) is 6.42 Å². The summed E-state index contributed by atoms with van der Waals surface area (Å²) in [6, 6.07) is 7.79. The van der Waals surface area contributed by atoms with Gasteiger partial charge in [0.05, 0.1) is 25.6 Å². The Kier molecular flexibility index (Phi) is 7.88. The van der Waals surface area contributed by atoms with Crippen molar-refractivity contribution in [2.75, 3.05) is 71.3 Å². The maximum absolute atomic E-state index is 12.6. The highest BCUT2D eigenvalue weighted by atomic mass is 32.2. The molecule has 27 heavy (non-hydrogen) atoms. The number of anilines is 1. The molecule has 9 heteroatoms. The van der Waals surface area contributed by atoms with Crippen molar-refractivity contribution >= 4 is 21.6 Å². The first-order chi connectivity index (χ1) is 12.9. The van der Waals surface area contributed by atoms with Gasteiger partial charge in [0.1, 0.15) is 5.75 Å². The molecule has 8 nitrogen and oxygen atoms in total. The molecule has 1 amide bonds. The van der Waals surface area contributed by atoms with E-state index in [0.29, 0.717) is 39.2 Å². The second kappa shape index (κ2) is 9.91. The molecule has 1 aromatic rings. The van der Waals surface area contributed by atoms with Crippen molar-refractivity contribution < 1.29 is 22.7 Å². The first-order valence-corrected chi connectivity index (χ1v) is 10.8. The van der Waals surface area contributed by atoms with Crippen LogP contribution < -0.4 is 9.64 Å². The van der Waals surface area contributed by atoms with Crippen LogP contribution in [0, 0.1) is 0 Å². The lowest BCUT2D eigenvalue weighted by Gasteiger charge is -2.37. The molecule has 0 bridgehead atoms. The topological polar surface area (TPSA) is 79.4 Å².